The number of ether oxygens (including phenoxy) is 4. The number of nitrogens with one attached hydrogen (secondary N) is 3. The molecule has 17 heteroatoms. The Morgan fingerprint density at radius 1 is 0.581 bits per heavy atom. The first-order valence-electron chi connectivity index (χ1n) is 24.2. The highest BCUT2D eigenvalue weighted by atomic mass is 35.5. The number of amides is 3. The van der Waals surface area contributed by atoms with E-state index in [1.54, 1.807) is 77.9 Å². The molecule has 0 heterocycles. The van der Waals surface area contributed by atoms with Gasteiger partial charge in [0.1, 0.15) is 23.3 Å². The lowest BCUT2D eigenvalue weighted by atomic mass is 10.0. The number of carbonyl (C=O) groups is 6. The monoisotopic (exact) mass is 1050 g/mol. The molecule has 0 fully saturated rings. The van der Waals surface area contributed by atoms with Gasteiger partial charge in [-0.05, 0) is 148 Å². The van der Waals surface area contributed by atoms with E-state index in [1.165, 1.54) is 14.2 Å². The summed E-state index contributed by atoms with van der Waals surface area (Å²) < 4.78 is 19.6. The third-order valence-corrected chi connectivity index (χ3v) is 10.3. The molecule has 0 saturated heterocycles. The number of carbonyl (C=O) groups excluding carboxylic acids is 5. The summed E-state index contributed by atoms with van der Waals surface area (Å²) in [7, 11) is 2.68. The van der Waals surface area contributed by atoms with Crippen molar-refractivity contribution in [3.05, 3.63) is 143 Å². The van der Waals surface area contributed by atoms with Crippen molar-refractivity contribution in [3.8, 4) is 0 Å². The molecule has 16 nitrogen and oxygen atoms in total. The molecule has 0 aliphatic rings. The molecule has 0 saturated carbocycles. The van der Waals surface area contributed by atoms with Gasteiger partial charge in [0, 0.05) is 25.2 Å². The van der Waals surface area contributed by atoms with Crippen LogP contribution in [-0.4, -0.2) is 102 Å². The van der Waals surface area contributed by atoms with Crippen LogP contribution < -0.4 is 21.7 Å². The number of carboxylic acid groups (broad SMARTS) is 1. The van der Waals surface area contributed by atoms with Crippen molar-refractivity contribution in [2.45, 2.75) is 158 Å². The first-order valence-corrected chi connectivity index (χ1v) is 24.2. The van der Waals surface area contributed by atoms with Crippen molar-refractivity contribution in [1.82, 2.24) is 20.9 Å². The number of benzene rings is 4. The zero-order chi connectivity index (χ0) is 54.4. The molecular weight excluding hydrogens is 966 g/mol. The molecule has 0 unspecified atom stereocenters. The molecule has 2 atom stereocenters. The van der Waals surface area contributed by atoms with Crippen LogP contribution in [0.5, 0.6) is 0 Å². The Morgan fingerprint density at radius 3 is 1.26 bits per heavy atom. The Labute approximate surface area is 447 Å². The maximum absolute atomic E-state index is 12.8. The highest BCUT2D eigenvalue weighted by molar-refractivity contribution is 5.90. The zero-order valence-electron chi connectivity index (χ0n) is 45.1. The SMILES string of the molecule is C.CC(C)(C)OC(=O)N[C@@H](CCc1ccccc1)C(=O)O.CCN(C(C)C)C(C)C.COC(=O)c1ccc(CN)cc1.COC(=O)c1ccc(CNC(=O)[C@H](CCc2ccccc2)NC(=O)OC(C)(C)C)cc1.Cl. The minimum atomic E-state index is -1.06. The standard InChI is InChI=1S/C24H30N2O5.C15H21NO4.C9H11NO2.C8H19N.CH4.ClH/c1-24(2,3)31-23(29)26-20(15-12-17-8-6-5-7-9-17)21(27)25-16-18-10-13-19(14-11-18)22(28)30-4;1-15(2,3)20-14(19)16-12(13(17)18)10-9-11-7-5-4-6-8-11;1-12-9(11)8-4-2-7(6-10)3-5-8;1-6-9(7(2)3)8(4)5;;/h5-11,13-14,20H,12,15-16H2,1-4H3,(H,25,27)(H,26,29);4-8,12H,9-10H2,1-3H3,(H,16,19)(H,17,18);2-5H,6,10H2,1H3;7-8H,6H2,1-5H3;1H4;1H/t20-;12-;;;;/m00..../s1. The summed E-state index contributed by atoms with van der Waals surface area (Å²) in [5, 5.41) is 17.0. The van der Waals surface area contributed by atoms with E-state index < -0.39 is 47.4 Å². The number of nitrogens with two attached hydrogens (primary N) is 1. The molecule has 4 aromatic rings. The first kappa shape index (κ1) is 69.6. The van der Waals surface area contributed by atoms with Crippen LogP contribution in [0.3, 0.4) is 0 Å². The van der Waals surface area contributed by atoms with Crippen LogP contribution in [0, 0.1) is 0 Å². The summed E-state index contributed by atoms with van der Waals surface area (Å²) in [5.74, 6) is -2.11. The van der Waals surface area contributed by atoms with Crippen LogP contribution in [0.25, 0.3) is 0 Å². The van der Waals surface area contributed by atoms with Crippen LogP contribution in [0.2, 0.25) is 0 Å². The number of carboxylic acids is 1. The van der Waals surface area contributed by atoms with Gasteiger partial charge < -0.3 is 45.7 Å². The van der Waals surface area contributed by atoms with Gasteiger partial charge in [-0.2, -0.15) is 0 Å². The minimum Gasteiger partial charge on any atom is -0.480 e. The molecule has 6 N–H and O–H groups in total. The maximum atomic E-state index is 12.8. The highest BCUT2D eigenvalue weighted by Gasteiger charge is 2.25. The molecule has 0 aromatic heterocycles. The van der Waals surface area contributed by atoms with Gasteiger partial charge in [-0.15, -0.1) is 12.4 Å². The number of nitrogens with zero attached hydrogens (tertiary/aromatic N) is 1. The fourth-order valence-electron chi connectivity index (χ4n) is 6.75. The van der Waals surface area contributed by atoms with Crippen LogP contribution in [0.1, 0.15) is 139 Å². The summed E-state index contributed by atoms with van der Waals surface area (Å²) in [6.45, 7) is 23.6. The number of aryl methyl sites for hydroxylation is 2. The molecule has 74 heavy (non-hydrogen) atoms. The van der Waals surface area contributed by atoms with Crippen LogP contribution in [-0.2, 0) is 54.5 Å². The molecule has 412 valence electrons. The lowest BCUT2D eigenvalue weighted by molar-refractivity contribution is -0.139. The van der Waals surface area contributed by atoms with Gasteiger partial charge in [-0.1, -0.05) is 99.3 Å². The molecule has 0 bridgehead atoms. The Hall–Kier alpha value is -6.49. The average Bonchev–Trinajstić information content (AvgIpc) is 3.33. The van der Waals surface area contributed by atoms with Crippen LogP contribution >= 0.6 is 12.4 Å². The van der Waals surface area contributed by atoms with E-state index >= 15 is 0 Å². The normalized spacial score (nSPS) is 11.4. The highest BCUT2D eigenvalue weighted by Crippen LogP contribution is 2.13. The molecule has 0 spiro atoms. The first-order chi connectivity index (χ1) is 33.8. The molecule has 0 aliphatic heterocycles. The van der Waals surface area contributed by atoms with Gasteiger partial charge in [-0.25, -0.2) is 24.0 Å². The van der Waals surface area contributed by atoms with Gasteiger partial charge in [0.25, 0.3) is 0 Å². The fraction of sp³-hybridized carbons (Fsp3) is 0.474. The van der Waals surface area contributed by atoms with E-state index in [2.05, 4.69) is 64.9 Å². The second-order valence-corrected chi connectivity index (χ2v) is 19.1. The molecule has 0 radical (unpaired) electrons. The lowest BCUT2D eigenvalue weighted by Crippen LogP contribution is -2.48. The molecule has 0 aliphatic carbocycles. The van der Waals surface area contributed by atoms with Gasteiger partial charge in [0.2, 0.25) is 5.91 Å². The Bertz CT molecular complexity index is 2210. The summed E-state index contributed by atoms with van der Waals surface area (Å²) in [6.07, 6.45) is 0.603. The van der Waals surface area contributed by atoms with E-state index in [1.807, 2.05) is 72.8 Å². The van der Waals surface area contributed by atoms with Crippen molar-refractivity contribution in [2.75, 3.05) is 20.8 Å². The molecule has 3 amide bonds. The topological polar surface area (TPSA) is 225 Å². The second kappa shape index (κ2) is 36.4. The van der Waals surface area contributed by atoms with E-state index in [0.717, 1.165) is 28.8 Å². The number of aliphatic carboxylic acids is 1. The number of rotatable bonds is 18. The largest absolute Gasteiger partial charge is 0.480 e. The second-order valence-electron chi connectivity index (χ2n) is 19.1. The quantitative estimate of drug-likeness (QED) is 0.0463. The lowest BCUT2D eigenvalue weighted by Gasteiger charge is -2.28. The number of esters is 2. The number of hydrogen-bond donors (Lipinski definition) is 5. The van der Waals surface area contributed by atoms with Crippen molar-refractivity contribution < 1.29 is 52.8 Å². The smallest absolute Gasteiger partial charge is 0.408 e. The Kier molecular flexibility index (Phi) is 34.3. The predicted molar refractivity (Wildman–Crippen MR) is 295 cm³/mol. The molecular formula is C57H86ClN5O11. The average molecular weight is 1050 g/mol. The molecule has 4 rings (SSSR count). The van der Waals surface area contributed by atoms with E-state index in [-0.39, 0.29) is 38.3 Å². The number of hydrogen-bond acceptors (Lipinski definition) is 12. The summed E-state index contributed by atoms with van der Waals surface area (Å²) in [4.78, 5) is 72.7. The summed E-state index contributed by atoms with van der Waals surface area (Å²) in [6, 6.07) is 32.8. The fourth-order valence-corrected chi connectivity index (χ4v) is 6.75. The number of methoxy groups -OCH3 is 2. The van der Waals surface area contributed by atoms with Crippen molar-refractivity contribution in [3.63, 3.8) is 0 Å². The third kappa shape index (κ3) is 30.5. The van der Waals surface area contributed by atoms with Crippen molar-refractivity contribution in [1.29, 1.82) is 0 Å². The van der Waals surface area contributed by atoms with Crippen LogP contribution in [0.15, 0.2) is 109 Å². The minimum absolute atomic E-state index is 0. The van der Waals surface area contributed by atoms with Gasteiger partial charge in [-0.3, -0.25) is 9.69 Å². The number of alkyl carbamates (subject to hydrolysis) is 2. The predicted octanol–water partition coefficient (Wildman–Crippen LogP) is 10.3. The zero-order valence-corrected chi connectivity index (χ0v) is 45.9. The summed E-state index contributed by atoms with van der Waals surface area (Å²) >= 11 is 0. The van der Waals surface area contributed by atoms with Gasteiger partial charge >= 0.3 is 30.1 Å². The Balaban J connectivity index is 0. The third-order valence-electron chi connectivity index (χ3n) is 10.3. The van der Waals surface area contributed by atoms with Gasteiger partial charge in [0.05, 0.1) is 25.3 Å². The van der Waals surface area contributed by atoms with E-state index in [0.29, 0.717) is 55.4 Å². The maximum Gasteiger partial charge on any atom is 0.408 e. The summed E-state index contributed by atoms with van der Waals surface area (Å²) in [5.41, 5.74) is 9.00. The van der Waals surface area contributed by atoms with Crippen LogP contribution in [0.4, 0.5) is 9.59 Å². The Morgan fingerprint density at radius 2 is 0.946 bits per heavy atom. The van der Waals surface area contributed by atoms with E-state index in [9.17, 15) is 28.8 Å². The van der Waals surface area contributed by atoms with Crippen molar-refractivity contribution in [2.24, 2.45) is 5.73 Å². The molecule has 4 aromatic carbocycles. The van der Waals surface area contributed by atoms with E-state index in [4.69, 9.17) is 20.3 Å². The van der Waals surface area contributed by atoms with Crippen molar-refractivity contribution >= 4 is 48.4 Å². The number of halogens is 1. The van der Waals surface area contributed by atoms with Gasteiger partial charge in [0.15, 0.2) is 0 Å².